The largest absolute Gasteiger partial charge is 0.484 e. The minimum Gasteiger partial charge on any atom is -0.484 e. The molecule has 1 heterocycles. The van der Waals surface area contributed by atoms with Crippen LogP contribution in [-0.4, -0.2) is 30.5 Å². The lowest BCUT2D eigenvalue weighted by Crippen LogP contribution is -2.24. The number of hydrogen-bond acceptors (Lipinski definition) is 4. The third-order valence-electron chi connectivity index (χ3n) is 3.15. The van der Waals surface area contributed by atoms with E-state index in [0.717, 1.165) is 11.1 Å². The molecule has 6 nitrogen and oxygen atoms in total. The van der Waals surface area contributed by atoms with Gasteiger partial charge in [-0.2, -0.15) is 0 Å². The summed E-state index contributed by atoms with van der Waals surface area (Å²) in [7, 11) is 1.55. The van der Waals surface area contributed by atoms with Crippen LogP contribution in [0.15, 0.2) is 54.9 Å². The maximum Gasteiger partial charge on any atom is 0.257 e. The molecule has 0 aliphatic rings. The van der Waals surface area contributed by atoms with Crippen LogP contribution in [0.1, 0.15) is 11.1 Å². The van der Waals surface area contributed by atoms with Crippen LogP contribution < -0.4 is 15.4 Å². The number of amides is 2. The lowest BCUT2D eigenvalue weighted by atomic mass is 10.2. The van der Waals surface area contributed by atoms with E-state index in [-0.39, 0.29) is 18.4 Å². The van der Waals surface area contributed by atoms with Crippen LogP contribution in [0.5, 0.6) is 5.75 Å². The molecule has 2 N–H and O–H groups in total. The zero-order chi connectivity index (χ0) is 17.2. The third-order valence-corrected chi connectivity index (χ3v) is 3.15. The van der Waals surface area contributed by atoms with E-state index in [1.54, 1.807) is 37.7 Å². The average Bonchev–Trinajstić information content (AvgIpc) is 2.64. The highest BCUT2D eigenvalue weighted by Gasteiger charge is 2.00. The highest BCUT2D eigenvalue weighted by atomic mass is 16.5. The molecule has 2 rings (SSSR count). The van der Waals surface area contributed by atoms with E-state index >= 15 is 0 Å². The fourth-order valence-electron chi connectivity index (χ4n) is 1.82. The van der Waals surface area contributed by atoms with E-state index in [1.807, 2.05) is 24.3 Å². The number of pyridine rings is 1. The molecule has 0 spiro atoms. The molecule has 24 heavy (non-hydrogen) atoms. The van der Waals surface area contributed by atoms with Gasteiger partial charge < -0.3 is 15.4 Å². The van der Waals surface area contributed by atoms with Gasteiger partial charge in [0.1, 0.15) is 5.75 Å². The SMILES string of the molecule is CNC(=O)COc1ccc(C=CC(=O)NCc2cccnc2)cc1. The van der Waals surface area contributed by atoms with Gasteiger partial charge in [-0.25, -0.2) is 0 Å². The van der Waals surface area contributed by atoms with Gasteiger partial charge in [0.15, 0.2) is 6.61 Å². The number of ether oxygens (including phenoxy) is 1. The molecule has 0 radical (unpaired) electrons. The number of carbonyl (C=O) groups is 2. The smallest absolute Gasteiger partial charge is 0.257 e. The fourth-order valence-corrected chi connectivity index (χ4v) is 1.82. The first-order chi connectivity index (χ1) is 11.7. The van der Waals surface area contributed by atoms with Crippen LogP contribution in [0.4, 0.5) is 0 Å². The second kappa shape index (κ2) is 9.09. The summed E-state index contributed by atoms with van der Waals surface area (Å²) in [5.74, 6) is 0.222. The summed E-state index contributed by atoms with van der Waals surface area (Å²) in [6.07, 6.45) is 6.58. The van der Waals surface area contributed by atoms with E-state index < -0.39 is 0 Å². The van der Waals surface area contributed by atoms with E-state index in [4.69, 9.17) is 4.74 Å². The first-order valence-electron chi connectivity index (χ1n) is 7.45. The van der Waals surface area contributed by atoms with Crippen LogP contribution in [0.25, 0.3) is 6.08 Å². The Kier molecular flexibility index (Phi) is 6.52. The molecule has 1 aromatic heterocycles. The van der Waals surface area contributed by atoms with E-state index in [1.165, 1.54) is 6.08 Å². The zero-order valence-corrected chi connectivity index (χ0v) is 13.4. The molecule has 0 aliphatic heterocycles. The molecular weight excluding hydrogens is 306 g/mol. The van der Waals surface area contributed by atoms with Crippen LogP contribution >= 0.6 is 0 Å². The molecule has 0 bridgehead atoms. The van der Waals surface area contributed by atoms with Crippen LogP contribution in [0.2, 0.25) is 0 Å². The van der Waals surface area contributed by atoms with Crippen LogP contribution in [-0.2, 0) is 16.1 Å². The number of nitrogens with one attached hydrogen (secondary N) is 2. The summed E-state index contributed by atoms with van der Waals surface area (Å²) in [6.45, 7) is 0.408. The van der Waals surface area contributed by atoms with Gasteiger partial charge in [-0.15, -0.1) is 0 Å². The molecule has 0 saturated heterocycles. The highest BCUT2D eigenvalue weighted by Crippen LogP contribution is 2.13. The number of benzene rings is 1. The molecule has 2 amide bonds. The quantitative estimate of drug-likeness (QED) is 0.757. The summed E-state index contributed by atoms with van der Waals surface area (Å²) in [5.41, 5.74) is 1.80. The van der Waals surface area contributed by atoms with Gasteiger partial charge >= 0.3 is 0 Å². The van der Waals surface area contributed by atoms with E-state index in [9.17, 15) is 9.59 Å². The molecule has 2 aromatic rings. The van der Waals surface area contributed by atoms with Crippen molar-refractivity contribution < 1.29 is 14.3 Å². The van der Waals surface area contributed by atoms with Crippen molar-refractivity contribution in [3.8, 4) is 5.75 Å². The minimum atomic E-state index is -0.191. The fraction of sp³-hybridized carbons (Fsp3) is 0.167. The van der Waals surface area contributed by atoms with Crippen molar-refractivity contribution in [3.63, 3.8) is 0 Å². The maximum atomic E-state index is 11.8. The summed E-state index contributed by atoms with van der Waals surface area (Å²) in [4.78, 5) is 26.9. The Labute approximate surface area is 140 Å². The Hall–Kier alpha value is -3.15. The first kappa shape index (κ1) is 17.2. The third kappa shape index (κ3) is 5.92. The van der Waals surface area contributed by atoms with Crippen molar-refractivity contribution in [2.45, 2.75) is 6.54 Å². The monoisotopic (exact) mass is 325 g/mol. The lowest BCUT2D eigenvalue weighted by molar-refractivity contribution is -0.122. The van der Waals surface area contributed by atoms with Crippen LogP contribution in [0, 0.1) is 0 Å². The summed E-state index contributed by atoms with van der Waals surface area (Å²) < 4.78 is 5.31. The number of likely N-dealkylation sites (N-methyl/N-ethyl adjacent to an activating group) is 1. The lowest BCUT2D eigenvalue weighted by Gasteiger charge is -2.05. The van der Waals surface area contributed by atoms with Gasteiger partial charge in [0.2, 0.25) is 5.91 Å². The molecule has 1 aromatic carbocycles. The highest BCUT2D eigenvalue weighted by molar-refractivity contribution is 5.91. The first-order valence-corrected chi connectivity index (χ1v) is 7.45. The van der Waals surface area contributed by atoms with Gasteiger partial charge in [-0.05, 0) is 35.4 Å². The normalized spacial score (nSPS) is 10.4. The van der Waals surface area contributed by atoms with Crippen molar-refractivity contribution in [2.24, 2.45) is 0 Å². The maximum absolute atomic E-state index is 11.8. The standard InChI is InChI=1S/C18H19N3O3/c1-19-18(23)13-24-16-7-4-14(5-8-16)6-9-17(22)21-12-15-3-2-10-20-11-15/h2-11H,12-13H2,1H3,(H,19,23)(H,21,22). The predicted octanol–water partition coefficient (Wildman–Crippen LogP) is 1.54. The van der Waals surface area contributed by atoms with E-state index in [0.29, 0.717) is 12.3 Å². The Balaban J connectivity index is 1.80. The molecule has 124 valence electrons. The Morgan fingerprint density at radius 3 is 2.67 bits per heavy atom. The van der Waals surface area contributed by atoms with E-state index in [2.05, 4.69) is 15.6 Å². The minimum absolute atomic E-state index is 0.0254. The van der Waals surface area contributed by atoms with Gasteiger partial charge in [-0.3, -0.25) is 14.6 Å². The zero-order valence-electron chi connectivity index (χ0n) is 13.4. The predicted molar refractivity (Wildman–Crippen MR) is 91.1 cm³/mol. The number of carbonyl (C=O) groups excluding carboxylic acids is 2. The van der Waals surface area contributed by atoms with Gasteiger partial charge in [0.25, 0.3) is 5.91 Å². The van der Waals surface area contributed by atoms with Gasteiger partial charge in [0, 0.05) is 32.1 Å². The second-order valence-corrected chi connectivity index (χ2v) is 4.94. The number of nitrogens with zero attached hydrogens (tertiary/aromatic N) is 1. The molecular formula is C18H19N3O3. The van der Waals surface area contributed by atoms with Crippen molar-refractivity contribution in [2.75, 3.05) is 13.7 Å². The Morgan fingerprint density at radius 1 is 1.21 bits per heavy atom. The summed E-state index contributed by atoms with van der Waals surface area (Å²) in [6, 6.07) is 10.8. The van der Waals surface area contributed by atoms with Crippen molar-refractivity contribution in [1.82, 2.24) is 15.6 Å². The molecule has 0 atom stereocenters. The van der Waals surface area contributed by atoms with Gasteiger partial charge in [-0.1, -0.05) is 18.2 Å². The number of aromatic nitrogens is 1. The summed E-state index contributed by atoms with van der Waals surface area (Å²) >= 11 is 0. The Bertz CT molecular complexity index is 697. The molecule has 0 fully saturated rings. The average molecular weight is 325 g/mol. The molecule has 0 aliphatic carbocycles. The molecule has 0 unspecified atom stereocenters. The summed E-state index contributed by atoms with van der Waals surface area (Å²) in [5, 5.41) is 5.26. The van der Waals surface area contributed by atoms with Crippen molar-refractivity contribution in [3.05, 3.63) is 66.0 Å². The van der Waals surface area contributed by atoms with Crippen LogP contribution in [0.3, 0.4) is 0 Å². The number of rotatable bonds is 7. The molecule has 0 saturated carbocycles. The second-order valence-electron chi connectivity index (χ2n) is 4.94. The van der Waals surface area contributed by atoms with Gasteiger partial charge in [0.05, 0.1) is 0 Å². The Morgan fingerprint density at radius 2 is 2.00 bits per heavy atom. The van der Waals surface area contributed by atoms with Crippen molar-refractivity contribution in [1.29, 1.82) is 0 Å². The van der Waals surface area contributed by atoms with Crippen molar-refractivity contribution >= 4 is 17.9 Å². The molecule has 6 heteroatoms. The number of hydrogen-bond donors (Lipinski definition) is 2. The topological polar surface area (TPSA) is 80.3 Å².